The standard InChI is InChI=1S/C18H23ClN6O4SSi.C13H16ClN3O3Si.C5H9N3O2S/c1-12-14(10-24(2)21-12)30(27,28)23-18(26)13-6-7-15(20-17(13)19)25-9-8-16(22-25)29-11-31(3,4)5;1-21(2,3)8-20-11-6-7-17(16-11)10-5-4-9(13(18)19)12(14)15-10;1-4-5(11(6,9)10)3-8(2)7-4/h6-10H,11H2,1-5H3,(H,23,26);4-7H,8H2,1-3H3,(H,18,19);3H,1-2H3,(H2,6,9,10). The maximum Gasteiger partial charge on any atom is 0.338 e. The number of aromatic nitrogens is 10. The molecule has 340 valence electrons. The molecule has 6 rings (SSSR count). The van der Waals surface area contributed by atoms with Gasteiger partial charge in [-0.2, -0.15) is 10.2 Å². The number of carboxylic acids is 1. The van der Waals surface area contributed by atoms with Crippen LogP contribution in [0.4, 0.5) is 0 Å². The van der Waals surface area contributed by atoms with Crippen molar-refractivity contribution in [1.82, 2.24) is 53.8 Å². The molecule has 0 unspecified atom stereocenters. The van der Waals surface area contributed by atoms with E-state index in [2.05, 4.69) is 69.6 Å². The van der Waals surface area contributed by atoms with E-state index in [-0.39, 0.29) is 36.9 Å². The second-order valence-corrected chi connectivity index (χ2v) is 30.9. The third kappa shape index (κ3) is 14.5. The van der Waals surface area contributed by atoms with E-state index in [0.717, 1.165) is 0 Å². The Hall–Kier alpha value is -5.45. The molecule has 4 N–H and O–H groups in total. The van der Waals surface area contributed by atoms with E-state index in [9.17, 15) is 26.4 Å². The molecule has 6 aromatic rings. The number of pyridine rings is 2. The Morgan fingerprint density at radius 2 is 1.11 bits per heavy atom. The first-order valence-corrected chi connectivity index (χ1v) is 29.8. The number of sulfonamides is 2. The van der Waals surface area contributed by atoms with Crippen molar-refractivity contribution in [3.8, 4) is 23.4 Å². The van der Waals surface area contributed by atoms with Crippen molar-refractivity contribution >= 4 is 71.3 Å². The third-order valence-corrected chi connectivity index (χ3v) is 12.9. The second-order valence-electron chi connectivity index (χ2n) is 16.2. The Kier molecular flexibility index (Phi) is 15.9. The monoisotopic (exact) mass is 982 g/mol. The molecule has 0 bridgehead atoms. The number of hydrogen-bond donors (Lipinski definition) is 3. The fourth-order valence-electron chi connectivity index (χ4n) is 4.97. The average molecular weight is 984 g/mol. The van der Waals surface area contributed by atoms with Gasteiger partial charge in [0, 0.05) is 51.0 Å². The Morgan fingerprint density at radius 1 is 0.698 bits per heavy atom. The zero-order valence-electron chi connectivity index (χ0n) is 36.0. The number of carboxylic acid groups (broad SMARTS) is 1. The summed E-state index contributed by atoms with van der Waals surface area (Å²) < 4.78 is 65.7. The highest BCUT2D eigenvalue weighted by Gasteiger charge is 2.25. The summed E-state index contributed by atoms with van der Waals surface area (Å²) in [5.74, 6) is -0.244. The maximum atomic E-state index is 12.5. The number of ether oxygens (including phenoxy) is 2. The van der Waals surface area contributed by atoms with Crippen LogP contribution in [-0.4, -0.2) is 112 Å². The van der Waals surface area contributed by atoms with E-state index in [0.29, 0.717) is 41.5 Å². The predicted octanol–water partition coefficient (Wildman–Crippen LogP) is 4.59. The molecule has 0 aromatic carbocycles. The van der Waals surface area contributed by atoms with Crippen LogP contribution in [0, 0.1) is 13.8 Å². The summed E-state index contributed by atoms with van der Waals surface area (Å²) in [5.41, 5.74) is 0.573. The van der Waals surface area contributed by atoms with Crippen molar-refractivity contribution < 1.29 is 41.0 Å². The molecule has 63 heavy (non-hydrogen) atoms. The van der Waals surface area contributed by atoms with E-state index < -0.39 is 48.1 Å². The zero-order valence-corrected chi connectivity index (χ0v) is 41.2. The molecule has 27 heteroatoms. The van der Waals surface area contributed by atoms with Gasteiger partial charge in [-0.15, -0.1) is 10.2 Å². The first kappa shape index (κ1) is 50.2. The van der Waals surface area contributed by atoms with Crippen molar-refractivity contribution in [2.45, 2.75) is 62.9 Å². The molecular formula is C36H48Cl2N12O9S2Si2. The SMILES string of the molecule is C[Si](C)(C)COc1ccn(-c2ccc(C(=O)O)c(Cl)n2)n1.Cc1nn(C)cc1S(=O)(=O)NC(=O)c1ccc(-n2ccc(OC[Si](C)(C)C)n2)nc1Cl.Cc1nn(C)cc1S(N)(=O)=O. The topological polar surface area (TPSA) is 276 Å². The molecule has 0 atom stereocenters. The van der Waals surface area contributed by atoms with Gasteiger partial charge in [-0.05, 0) is 38.1 Å². The summed E-state index contributed by atoms with van der Waals surface area (Å²) in [7, 11) is -7.18. The Labute approximate surface area is 376 Å². The molecule has 0 spiro atoms. The Bertz CT molecular complexity index is 2830. The largest absolute Gasteiger partial charge is 0.480 e. The number of nitrogens with one attached hydrogen (secondary N) is 1. The minimum atomic E-state index is -4.11. The lowest BCUT2D eigenvalue weighted by Gasteiger charge is -2.14. The van der Waals surface area contributed by atoms with Crippen molar-refractivity contribution in [1.29, 1.82) is 0 Å². The van der Waals surface area contributed by atoms with Crippen molar-refractivity contribution in [2.75, 3.05) is 12.5 Å². The number of carbonyl (C=O) groups excluding carboxylic acids is 1. The summed E-state index contributed by atoms with van der Waals surface area (Å²) in [6, 6.07) is 9.29. The smallest absolute Gasteiger partial charge is 0.338 e. The average Bonchev–Trinajstić information content (AvgIpc) is 3.96. The zero-order chi connectivity index (χ0) is 47.2. The van der Waals surface area contributed by atoms with Crippen LogP contribution in [0.25, 0.3) is 11.6 Å². The van der Waals surface area contributed by atoms with Crippen LogP contribution in [0.3, 0.4) is 0 Å². The van der Waals surface area contributed by atoms with Crippen LogP contribution in [0.15, 0.2) is 71.0 Å². The number of amides is 1. The fourth-order valence-corrected chi connectivity index (χ4v) is 8.53. The Balaban J connectivity index is 0.000000233. The number of aromatic carboxylic acids is 1. The van der Waals surface area contributed by atoms with Crippen LogP contribution in [0.2, 0.25) is 49.6 Å². The lowest BCUT2D eigenvalue weighted by Crippen LogP contribution is -2.31. The van der Waals surface area contributed by atoms with Crippen LogP contribution in [-0.2, 0) is 34.1 Å². The van der Waals surface area contributed by atoms with Gasteiger partial charge in [-0.3, -0.25) is 14.2 Å². The van der Waals surface area contributed by atoms with Crippen LogP contribution < -0.4 is 19.3 Å². The second kappa shape index (κ2) is 19.9. The number of halogens is 2. The highest BCUT2D eigenvalue weighted by Crippen LogP contribution is 2.21. The van der Waals surface area contributed by atoms with Gasteiger partial charge in [0.2, 0.25) is 21.8 Å². The highest BCUT2D eigenvalue weighted by molar-refractivity contribution is 7.90. The van der Waals surface area contributed by atoms with Gasteiger partial charge >= 0.3 is 5.97 Å². The number of rotatable bonds is 13. The summed E-state index contributed by atoms with van der Waals surface area (Å²) >= 11 is 12.0. The first-order chi connectivity index (χ1) is 29.0. The van der Waals surface area contributed by atoms with E-state index >= 15 is 0 Å². The molecule has 0 fully saturated rings. The maximum absolute atomic E-state index is 12.5. The van der Waals surface area contributed by atoms with E-state index in [1.165, 1.54) is 56.2 Å². The van der Waals surface area contributed by atoms with Gasteiger partial charge in [-0.1, -0.05) is 62.5 Å². The molecular weight excluding hydrogens is 936 g/mol. The normalized spacial score (nSPS) is 11.8. The minimum absolute atomic E-state index is 0.0391. The van der Waals surface area contributed by atoms with Gasteiger partial charge in [0.25, 0.3) is 15.9 Å². The highest BCUT2D eigenvalue weighted by atomic mass is 35.5. The number of carbonyl (C=O) groups is 2. The minimum Gasteiger partial charge on any atom is -0.480 e. The number of primary sulfonamides is 1. The van der Waals surface area contributed by atoms with Crippen molar-refractivity contribution in [3.05, 3.63) is 94.0 Å². The molecule has 6 aromatic heterocycles. The molecule has 0 aliphatic rings. The lowest BCUT2D eigenvalue weighted by molar-refractivity contribution is 0.0696. The molecule has 21 nitrogen and oxygen atoms in total. The summed E-state index contributed by atoms with van der Waals surface area (Å²) in [5, 5.41) is 29.9. The number of nitrogens with zero attached hydrogens (tertiary/aromatic N) is 10. The van der Waals surface area contributed by atoms with E-state index in [1.54, 1.807) is 51.6 Å². The van der Waals surface area contributed by atoms with E-state index in [4.69, 9.17) is 42.9 Å². The van der Waals surface area contributed by atoms with Crippen LogP contribution >= 0.6 is 23.2 Å². The molecule has 0 saturated heterocycles. The summed E-state index contributed by atoms with van der Waals surface area (Å²) in [6.07, 6.45) is 7.35. The van der Waals surface area contributed by atoms with E-state index in [1.807, 2.05) is 4.72 Å². The van der Waals surface area contributed by atoms with Crippen molar-refractivity contribution in [2.24, 2.45) is 19.2 Å². The molecule has 0 saturated carbocycles. The molecule has 0 radical (unpaired) electrons. The fraction of sp³-hybridized carbons (Fsp3) is 0.333. The predicted molar refractivity (Wildman–Crippen MR) is 239 cm³/mol. The van der Waals surface area contributed by atoms with Gasteiger partial charge in [0.15, 0.2) is 11.6 Å². The van der Waals surface area contributed by atoms with Gasteiger partial charge in [-0.25, -0.2) is 50.8 Å². The summed E-state index contributed by atoms with van der Waals surface area (Å²) in [6.45, 7) is 16.3. The lowest BCUT2D eigenvalue weighted by atomic mass is 10.3. The molecule has 6 heterocycles. The molecule has 0 aliphatic carbocycles. The van der Waals surface area contributed by atoms with Crippen LogP contribution in [0.5, 0.6) is 11.8 Å². The van der Waals surface area contributed by atoms with Gasteiger partial charge in [0.05, 0.1) is 51.1 Å². The number of nitrogens with two attached hydrogens (primary N) is 1. The quantitative estimate of drug-likeness (QED) is 0.105. The van der Waals surface area contributed by atoms with Crippen molar-refractivity contribution in [3.63, 3.8) is 0 Å². The Morgan fingerprint density at radius 3 is 1.44 bits per heavy atom. The third-order valence-electron chi connectivity index (χ3n) is 7.81. The first-order valence-electron chi connectivity index (χ1n) is 18.6. The number of hydrogen-bond acceptors (Lipinski definition) is 14. The molecule has 0 aliphatic heterocycles. The summed E-state index contributed by atoms with van der Waals surface area (Å²) in [4.78, 5) is 31.6. The number of aryl methyl sites for hydroxylation is 4. The van der Waals surface area contributed by atoms with Crippen LogP contribution in [0.1, 0.15) is 32.1 Å². The van der Waals surface area contributed by atoms with Gasteiger partial charge in [0.1, 0.15) is 20.1 Å². The molecule has 1 amide bonds. The van der Waals surface area contributed by atoms with Gasteiger partial charge < -0.3 is 14.6 Å².